The highest BCUT2D eigenvalue weighted by molar-refractivity contribution is 6.30. The van der Waals surface area contributed by atoms with Crippen LogP contribution in [0, 0.1) is 12.7 Å². The zero-order valence-electron chi connectivity index (χ0n) is 11.5. The first-order valence-corrected chi connectivity index (χ1v) is 7.10. The largest absolute Gasteiger partial charge is 0.380 e. The van der Waals surface area contributed by atoms with Crippen LogP contribution >= 0.6 is 11.6 Å². The van der Waals surface area contributed by atoms with Crippen LogP contribution in [-0.4, -0.2) is 29.4 Å². The number of halogens is 2. The number of hydrogen-bond donors (Lipinski definition) is 1. The van der Waals surface area contributed by atoms with Crippen molar-refractivity contribution < 1.29 is 13.7 Å². The SMILES string of the molecule is Cc1nc([C@@H](N[C@@H]2CCOC2)c2ccc(Cl)c(F)c2)no1. The van der Waals surface area contributed by atoms with Gasteiger partial charge in [0, 0.05) is 19.6 Å². The summed E-state index contributed by atoms with van der Waals surface area (Å²) in [5.74, 6) is 0.471. The standard InChI is InChI=1S/C14H15ClFN3O2/c1-8-17-14(19-21-8)13(18-10-4-5-20-7-10)9-2-3-11(15)12(16)6-9/h2-3,6,10,13,18H,4-5,7H2,1H3/t10-,13+/m1/s1. The van der Waals surface area contributed by atoms with Crippen LogP contribution in [0.4, 0.5) is 4.39 Å². The monoisotopic (exact) mass is 311 g/mol. The molecule has 2 heterocycles. The highest BCUT2D eigenvalue weighted by atomic mass is 35.5. The Morgan fingerprint density at radius 2 is 2.33 bits per heavy atom. The molecule has 2 aromatic rings. The van der Waals surface area contributed by atoms with Crippen LogP contribution in [0.25, 0.3) is 0 Å². The van der Waals surface area contributed by atoms with Gasteiger partial charge in [0.15, 0.2) is 5.82 Å². The minimum Gasteiger partial charge on any atom is -0.380 e. The van der Waals surface area contributed by atoms with E-state index in [4.69, 9.17) is 20.9 Å². The molecule has 0 bridgehead atoms. The van der Waals surface area contributed by atoms with Gasteiger partial charge in [-0.15, -0.1) is 0 Å². The molecule has 1 fully saturated rings. The number of nitrogens with one attached hydrogen (secondary N) is 1. The maximum absolute atomic E-state index is 13.7. The predicted octanol–water partition coefficient (Wildman–Crippen LogP) is 2.64. The Bertz CT molecular complexity index is 628. The second kappa shape index (κ2) is 6.09. The molecule has 0 aliphatic carbocycles. The smallest absolute Gasteiger partial charge is 0.223 e. The van der Waals surface area contributed by atoms with Crippen molar-refractivity contribution in [2.75, 3.05) is 13.2 Å². The van der Waals surface area contributed by atoms with Crippen molar-refractivity contribution in [3.8, 4) is 0 Å². The quantitative estimate of drug-likeness (QED) is 0.940. The third kappa shape index (κ3) is 3.23. The van der Waals surface area contributed by atoms with Crippen LogP contribution in [0.3, 0.4) is 0 Å². The van der Waals surface area contributed by atoms with Gasteiger partial charge in [-0.2, -0.15) is 4.98 Å². The van der Waals surface area contributed by atoms with E-state index in [0.29, 0.717) is 30.5 Å². The van der Waals surface area contributed by atoms with Crippen LogP contribution in [0.2, 0.25) is 5.02 Å². The average molecular weight is 312 g/mol. The normalized spacial score (nSPS) is 19.9. The molecule has 5 nitrogen and oxygen atoms in total. The molecule has 0 spiro atoms. The molecule has 1 aromatic heterocycles. The first-order chi connectivity index (χ1) is 10.1. The minimum atomic E-state index is -0.469. The van der Waals surface area contributed by atoms with E-state index >= 15 is 0 Å². The molecular weight excluding hydrogens is 297 g/mol. The molecule has 112 valence electrons. The van der Waals surface area contributed by atoms with Crippen molar-refractivity contribution in [2.24, 2.45) is 0 Å². The molecule has 7 heteroatoms. The number of aryl methyl sites for hydroxylation is 1. The molecule has 0 amide bonds. The highest BCUT2D eigenvalue weighted by Crippen LogP contribution is 2.25. The molecule has 1 saturated heterocycles. The van der Waals surface area contributed by atoms with E-state index in [2.05, 4.69) is 15.5 Å². The molecule has 1 aliphatic rings. The molecular formula is C14H15ClFN3O2. The Balaban J connectivity index is 1.92. The lowest BCUT2D eigenvalue weighted by atomic mass is 10.0. The molecule has 1 aromatic carbocycles. The molecule has 0 unspecified atom stereocenters. The molecule has 3 rings (SSSR count). The molecule has 1 N–H and O–H groups in total. The van der Waals surface area contributed by atoms with Crippen molar-refractivity contribution in [3.63, 3.8) is 0 Å². The summed E-state index contributed by atoms with van der Waals surface area (Å²) in [6, 6.07) is 4.49. The number of hydrogen-bond acceptors (Lipinski definition) is 5. The fourth-order valence-corrected chi connectivity index (χ4v) is 2.46. The van der Waals surface area contributed by atoms with E-state index in [9.17, 15) is 4.39 Å². The lowest BCUT2D eigenvalue weighted by Gasteiger charge is -2.20. The van der Waals surface area contributed by atoms with Gasteiger partial charge in [0.25, 0.3) is 0 Å². The second-order valence-electron chi connectivity index (χ2n) is 5.01. The van der Waals surface area contributed by atoms with E-state index in [1.807, 2.05) is 0 Å². The summed E-state index contributed by atoms with van der Waals surface area (Å²) in [5, 5.41) is 7.42. The number of aromatic nitrogens is 2. The van der Waals surface area contributed by atoms with Crippen molar-refractivity contribution in [2.45, 2.75) is 25.4 Å². The summed E-state index contributed by atoms with van der Waals surface area (Å²) in [6.07, 6.45) is 0.892. The zero-order chi connectivity index (χ0) is 14.8. The van der Waals surface area contributed by atoms with Gasteiger partial charge < -0.3 is 9.26 Å². The fraction of sp³-hybridized carbons (Fsp3) is 0.429. The molecule has 2 atom stereocenters. The minimum absolute atomic E-state index is 0.0889. The van der Waals surface area contributed by atoms with Gasteiger partial charge >= 0.3 is 0 Å². The summed E-state index contributed by atoms with van der Waals surface area (Å²) < 4.78 is 24.1. The Hall–Kier alpha value is -1.50. The van der Waals surface area contributed by atoms with Gasteiger partial charge in [-0.3, -0.25) is 5.32 Å². The number of benzene rings is 1. The number of nitrogens with zero attached hydrogens (tertiary/aromatic N) is 2. The summed E-state index contributed by atoms with van der Waals surface area (Å²) in [7, 11) is 0. The Kier molecular flexibility index (Phi) is 4.19. The number of ether oxygens (including phenoxy) is 1. The first-order valence-electron chi connectivity index (χ1n) is 6.72. The van der Waals surface area contributed by atoms with E-state index in [-0.39, 0.29) is 17.1 Å². The Morgan fingerprint density at radius 1 is 1.48 bits per heavy atom. The van der Waals surface area contributed by atoms with E-state index < -0.39 is 5.82 Å². The van der Waals surface area contributed by atoms with E-state index in [1.54, 1.807) is 13.0 Å². The summed E-state index contributed by atoms with van der Waals surface area (Å²) in [6.45, 7) is 3.04. The summed E-state index contributed by atoms with van der Waals surface area (Å²) in [4.78, 5) is 4.25. The van der Waals surface area contributed by atoms with Gasteiger partial charge in [-0.1, -0.05) is 22.8 Å². The second-order valence-corrected chi connectivity index (χ2v) is 5.41. The van der Waals surface area contributed by atoms with Crippen LogP contribution < -0.4 is 5.32 Å². The summed E-state index contributed by atoms with van der Waals surface area (Å²) >= 11 is 5.74. The van der Waals surface area contributed by atoms with Crippen LogP contribution in [0.15, 0.2) is 22.7 Å². The van der Waals surface area contributed by atoms with Gasteiger partial charge in [0.2, 0.25) is 5.89 Å². The van der Waals surface area contributed by atoms with Crippen molar-refractivity contribution >= 4 is 11.6 Å². The van der Waals surface area contributed by atoms with E-state index in [1.165, 1.54) is 12.1 Å². The lowest BCUT2D eigenvalue weighted by Crippen LogP contribution is -2.34. The van der Waals surface area contributed by atoms with Crippen LogP contribution in [0.1, 0.15) is 29.7 Å². The maximum atomic E-state index is 13.7. The zero-order valence-corrected chi connectivity index (χ0v) is 12.2. The first kappa shape index (κ1) is 14.4. The van der Waals surface area contributed by atoms with Gasteiger partial charge in [0.1, 0.15) is 5.82 Å². The topological polar surface area (TPSA) is 60.2 Å². The lowest BCUT2D eigenvalue weighted by molar-refractivity contribution is 0.188. The van der Waals surface area contributed by atoms with Gasteiger partial charge in [-0.05, 0) is 24.1 Å². The maximum Gasteiger partial charge on any atom is 0.223 e. The Morgan fingerprint density at radius 3 is 2.95 bits per heavy atom. The molecule has 0 saturated carbocycles. The number of rotatable bonds is 4. The van der Waals surface area contributed by atoms with Crippen molar-refractivity contribution in [3.05, 3.63) is 46.3 Å². The van der Waals surface area contributed by atoms with Crippen molar-refractivity contribution in [1.29, 1.82) is 0 Å². The predicted molar refractivity (Wildman–Crippen MR) is 74.6 cm³/mol. The van der Waals surface area contributed by atoms with Crippen LogP contribution in [0.5, 0.6) is 0 Å². The van der Waals surface area contributed by atoms with Gasteiger partial charge in [0.05, 0.1) is 17.7 Å². The molecule has 0 radical (unpaired) electrons. The van der Waals surface area contributed by atoms with E-state index in [0.717, 1.165) is 6.42 Å². The third-order valence-electron chi connectivity index (χ3n) is 3.41. The van der Waals surface area contributed by atoms with Crippen LogP contribution in [-0.2, 0) is 4.74 Å². The fourth-order valence-electron chi connectivity index (χ4n) is 2.35. The molecule has 21 heavy (non-hydrogen) atoms. The van der Waals surface area contributed by atoms with Crippen molar-refractivity contribution in [1.82, 2.24) is 15.5 Å². The highest BCUT2D eigenvalue weighted by Gasteiger charge is 2.26. The van der Waals surface area contributed by atoms with Gasteiger partial charge in [-0.25, -0.2) is 4.39 Å². The Labute approximate surface area is 126 Å². The average Bonchev–Trinajstić information content (AvgIpc) is 3.11. The third-order valence-corrected chi connectivity index (χ3v) is 3.72. The summed E-state index contributed by atoms with van der Waals surface area (Å²) in [5.41, 5.74) is 0.699. The molecule has 1 aliphatic heterocycles.